The number of nitrogens with one attached hydrogen (secondary N) is 2. The van der Waals surface area contributed by atoms with Crippen molar-refractivity contribution in [3.8, 4) is 0 Å². The Morgan fingerprint density at radius 2 is 2.21 bits per heavy atom. The summed E-state index contributed by atoms with van der Waals surface area (Å²) in [5.41, 5.74) is 1.71. The number of fused-ring (bicyclic) bond motifs is 2. The van der Waals surface area contributed by atoms with Crippen LogP contribution in [0.2, 0.25) is 0 Å². The highest BCUT2D eigenvalue weighted by Crippen LogP contribution is 2.14. The molecular weight excluding hydrogens is 422 g/mol. The zero-order chi connectivity index (χ0) is 23.5. The van der Waals surface area contributed by atoms with E-state index in [4.69, 9.17) is 19.9 Å². The second-order valence-electron chi connectivity index (χ2n) is 8.72. The maximum Gasteiger partial charge on any atom is 0.267 e. The molecule has 1 saturated heterocycles. The molecule has 9 heteroatoms. The molecule has 0 aliphatic carbocycles. The Morgan fingerprint density at radius 1 is 1.39 bits per heavy atom. The first-order valence-corrected chi connectivity index (χ1v) is 11.5. The third-order valence-corrected chi connectivity index (χ3v) is 5.87. The van der Waals surface area contributed by atoms with Gasteiger partial charge in [0.25, 0.3) is 11.5 Å². The molecule has 1 aliphatic heterocycles. The standard InChI is InChI=1S/C24H31N5O4/c1-15(2)32-12-6-10-28-20(25)18(23(30)26-14-17-8-5-11-33-17)13-19-22(28)27-21-16(3)7-4-9-29(21)24(19)31/h4,7,9,13,15,17,25H,5-6,8,10-12,14H2,1-3H3,(H,26,30). The summed E-state index contributed by atoms with van der Waals surface area (Å²) in [6.45, 7) is 7.82. The van der Waals surface area contributed by atoms with Crippen LogP contribution in [-0.4, -0.2) is 51.8 Å². The summed E-state index contributed by atoms with van der Waals surface area (Å²) in [6.07, 6.45) is 4.27. The second kappa shape index (κ2) is 9.84. The molecule has 3 aromatic heterocycles. The summed E-state index contributed by atoms with van der Waals surface area (Å²) in [7, 11) is 0. The normalized spacial score (nSPS) is 16.2. The van der Waals surface area contributed by atoms with Crippen molar-refractivity contribution in [2.45, 2.75) is 58.8 Å². The molecule has 1 fully saturated rings. The average molecular weight is 454 g/mol. The predicted molar refractivity (Wildman–Crippen MR) is 125 cm³/mol. The minimum Gasteiger partial charge on any atom is -0.379 e. The van der Waals surface area contributed by atoms with Crippen LogP contribution in [0.25, 0.3) is 16.7 Å². The zero-order valence-electron chi connectivity index (χ0n) is 19.4. The highest BCUT2D eigenvalue weighted by Gasteiger charge is 2.20. The molecule has 0 radical (unpaired) electrons. The fourth-order valence-electron chi connectivity index (χ4n) is 4.14. The minimum absolute atomic E-state index is 0.0110. The fraction of sp³-hybridized carbons (Fsp3) is 0.500. The lowest BCUT2D eigenvalue weighted by Gasteiger charge is -2.16. The fourth-order valence-corrected chi connectivity index (χ4v) is 4.14. The van der Waals surface area contributed by atoms with E-state index in [-0.39, 0.29) is 28.8 Å². The molecule has 1 unspecified atom stereocenters. The molecule has 1 atom stereocenters. The minimum atomic E-state index is -0.390. The Labute approximate surface area is 191 Å². The Balaban J connectivity index is 1.79. The van der Waals surface area contributed by atoms with E-state index in [0.717, 1.165) is 18.4 Å². The quantitative estimate of drug-likeness (QED) is 0.401. The largest absolute Gasteiger partial charge is 0.379 e. The highest BCUT2D eigenvalue weighted by atomic mass is 16.5. The molecule has 4 rings (SSSR count). The summed E-state index contributed by atoms with van der Waals surface area (Å²) in [4.78, 5) is 31.1. The molecule has 33 heavy (non-hydrogen) atoms. The van der Waals surface area contributed by atoms with Crippen molar-refractivity contribution in [1.82, 2.24) is 19.3 Å². The van der Waals surface area contributed by atoms with Crippen molar-refractivity contribution in [2.75, 3.05) is 19.8 Å². The van der Waals surface area contributed by atoms with Crippen LogP contribution in [0.1, 0.15) is 49.0 Å². The first-order valence-electron chi connectivity index (χ1n) is 11.5. The molecule has 0 spiro atoms. The van der Waals surface area contributed by atoms with Crippen LogP contribution in [0.5, 0.6) is 0 Å². The summed E-state index contributed by atoms with van der Waals surface area (Å²) in [5, 5.41) is 12.0. The van der Waals surface area contributed by atoms with E-state index in [9.17, 15) is 9.59 Å². The van der Waals surface area contributed by atoms with Crippen molar-refractivity contribution in [3.05, 3.63) is 51.4 Å². The number of nitrogens with zero attached hydrogens (tertiary/aromatic N) is 3. The van der Waals surface area contributed by atoms with Crippen LogP contribution in [0.15, 0.2) is 29.2 Å². The molecule has 1 aliphatic rings. The van der Waals surface area contributed by atoms with Gasteiger partial charge in [-0.3, -0.25) is 19.4 Å². The zero-order valence-corrected chi connectivity index (χ0v) is 19.4. The number of hydrogen-bond acceptors (Lipinski definition) is 6. The van der Waals surface area contributed by atoms with Crippen molar-refractivity contribution in [1.29, 1.82) is 5.41 Å². The van der Waals surface area contributed by atoms with Gasteiger partial charge in [0.05, 0.1) is 23.2 Å². The van der Waals surface area contributed by atoms with Gasteiger partial charge in [0.1, 0.15) is 16.8 Å². The molecule has 9 nitrogen and oxygen atoms in total. The molecule has 3 aromatic rings. The van der Waals surface area contributed by atoms with Gasteiger partial charge in [-0.25, -0.2) is 4.98 Å². The van der Waals surface area contributed by atoms with Gasteiger partial charge in [-0.1, -0.05) is 6.07 Å². The molecular formula is C24H31N5O4. The molecule has 0 saturated carbocycles. The first-order chi connectivity index (χ1) is 15.9. The van der Waals surface area contributed by atoms with E-state index in [2.05, 4.69) is 5.32 Å². The third-order valence-electron chi connectivity index (χ3n) is 5.87. The Bertz CT molecular complexity index is 1290. The number of carbonyl (C=O) groups excluding carboxylic acids is 1. The first kappa shape index (κ1) is 23.1. The van der Waals surface area contributed by atoms with Gasteiger partial charge in [-0.05, 0) is 57.7 Å². The number of carbonyl (C=O) groups is 1. The number of pyridine rings is 2. The summed E-state index contributed by atoms with van der Waals surface area (Å²) < 4.78 is 14.4. The summed E-state index contributed by atoms with van der Waals surface area (Å²) >= 11 is 0. The number of ether oxygens (including phenoxy) is 2. The predicted octanol–water partition coefficient (Wildman–Crippen LogP) is 2.16. The van der Waals surface area contributed by atoms with Gasteiger partial charge in [0, 0.05) is 32.5 Å². The van der Waals surface area contributed by atoms with Gasteiger partial charge in [-0.15, -0.1) is 0 Å². The smallest absolute Gasteiger partial charge is 0.267 e. The molecule has 2 N–H and O–H groups in total. The van der Waals surface area contributed by atoms with Crippen LogP contribution in [0.4, 0.5) is 0 Å². The van der Waals surface area contributed by atoms with Crippen LogP contribution >= 0.6 is 0 Å². The van der Waals surface area contributed by atoms with Crippen molar-refractivity contribution in [3.63, 3.8) is 0 Å². The maximum atomic E-state index is 13.3. The number of hydrogen-bond donors (Lipinski definition) is 2. The van der Waals surface area contributed by atoms with E-state index < -0.39 is 5.91 Å². The SMILES string of the molecule is Cc1cccn2c(=O)c3cc(C(=O)NCC4CCCO4)c(=N)n(CCCOC(C)C)c3nc12. The van der Waals surface area contributed by atoms with Crippen LogP contribution in [0.3, 0.4) is 0 Å². The lowest BCUT2D eigenvalue weighted by Crippen LogP contribution is -2.38. The number of amides is 1. The lowest BCUT2D eigenvalue weighted by atomic mass is 10.1. The van der Waals surface area contributed by atoms with Crippen molar-refractivity contribution < 1.29 is 14.3 Å². The van der Waals surface area contributed by atoms with Gasteiger partial charge >= 0.3 is 0 Å². The van der Waals surface area contributed by atoms with Crippen LogP contribution < -0.4 is 16.4 Å². The van der Waals surface area contributed by atoms with Crippen molar-refractivity contribution >= 4 is 22.6 Å². The summed E-state index contributed by atoms with van der Waals surface area (Å²) in [5.74, 6) is -0.390. The summed E-state index contributed by atoms with van der Waals surface area (Å²) in [6, 6.07) is 5.18. The number of aromatic nitrogens is 3. The van der Waals surface area contributed by atoms with E-state index in [1.165, 1.54) is 10.5 Å². The van der Waals surface area contributed by atoms with E-state index in [1.807, 2.05) is 26.8 Å². The second-order valence-corrected chi connectivity index (χ2v) is 8.72. The highest BCUT2D eigenvalue weighted by molar-refractivity contribution is 5.96. The molecule has 4 heterocycles. The van der Waals surface area contributed by atoms with E-state index in [1.54, 1.807) is 16.8 Å². The Kier molecular flexibility index (Phi) is 6.90. The topological polar surface area (TPSA) is 111 Å². The molecule has 0 bridgehead atoms. The van der Waals surface area contributed by atoms with Crippen LogP contribution in [0, 0.1) is 12.3 Å². The average Bonchev–Trinajstić information content (AvgIpc) is 3.30. The van der Waals surface area contributed by atoms with Gasteiger partial charge in [0.15, 0.2) is 0 Å². The van der Waals surface area contributed by atoms with E-state index >= 15 is 0 Å². The van der Waals surface area contributed by atoms with E-state index in [0.29, 0.717) is 49.4 Å². The Morgan fingerprint density at radius 3 is 2.94 bits per heavy atom. The number of aryl methyl sites for hydroxylation is 2. The lowest BCUT2D eigenvalue weighted by molar-refractivity contribution is 0.0748. The van der Waals surface area contributed by atoms with Gasteiger partial charge < -0.3 is 19.4 Å². The van der Waals surface area contributed by atoms with Crippen LogP contribution in [-0.2, 0) is 16.0 Å². The number of rotatable bonds is 8. The van der Waals surface area contributed by atoms with Gasteiger partial charge in [-0.2, -0.15) is 0 Å². The molecule has 1 amide bonds. The third kappa shape index (κ3) is 4.84. The Hall–Kier alpha value is -3.04. The van der Waals surface area contributed by atoms with Crippen molar-refractivity contribution in [2.24, 2.45) is 0 Å². The molecule has 176 valence electrons. The van der Waals surface area contributed by atoms with Gasteiger partial charge in [0.2, 0.25) is 0 Å². The molecule has 0 aromatic carbocycles. The monoisotopic (exact) mass is 453 g/mol. The maximum absolute atomic E-state index is 13.3.